The van der Waals surface area contributed by atoms with Crippen molar-refractivity contribution in [3.63, 3.8) is 0 Å². The highest BCUT2D eigenvalue weighted by atomic mass is 19.4. The van der Waals surface area contributed by atoms with E-state index in [-0.39, 0.29) is 7.11 Å². The average Bonchev–Trinajstić information content (AvgIpc) is 2.26. The third-order valence-corrected chi connectivity index (χ3v) is 1.80. The Bertz CT molecular complexity index is 351. The van der Waals surface area contributed by atoms with E-state index in [0.29, 0.717) is 0 Å². The van der Waals surface area contributed by atoms with Crippen LogP contribution in [0.15, 0.2) is 0 Å². The summed E-state index contributed by atoms with van der Waals surface area (Å²) in [6.07, 6.45) is -1.92. The summed E-state index contributed by atoms with van der Waals surface area (Å²) in [6.45, 7) is 0. The lowest BCUT2D eigenvalue weighted by molar-refractivity contribution is -0.348. The first-order valence-corrected chi connectivity index (χ1v) is 3.85. The first kappa shape index (κ1) is 16.6. The Hall–Kier alpha value is -1.42. The maximum Gasteiger partial charge on any atom is 0.410 e. The lowest BCUT2D eigenvalue weighted by atomic mass is 9.99. The predicted molar refractivity (Wildman–Crippen MR) is 37.9 cm³/mol. The molecule has 0 unspecified atom stereocenters. The monoisotopic (exact) mass is 288 g/mol. The van der Waals surface area contributed by atoms with E-state index in [1.54, 1.807) is 0 Å². The lowest BCUT2D eigenvalue weighted by Gasteiger charge is -2.33. The first-order valence-electron chi connectivity index (χ1n) is 3.85. The molecule has 0 N–H and O–H groups in total. The SMILES string of the molecule is COC(=O)C(F)(F)C(F)(F)C(F)(F)C(F)(F)C=O. The molecule has 0 spiro atoms. The molecular formula is C7H4F8O3. The number of hydrogen-bond donors (Lipinski definition) is 0. The number of hydrogen-bond acceptors (Lipinski definition) is 3. The van der Waals surface area contributed by atoms with E-state index >= 15 is 0 Å². The molecule has 3 nitrogen and oxygen atoms in total. The molecule has 0 bridgehead atoms. The number of methoxy groups -OCH3 is 1. The minimum absolute atomic E-state index is 0.155. The minimum atomic E-state index is -6.82. The fourth-order valence-corrected chi connectivity index (χ4v) is 0.737. The van der Waals surface area contributed by atoms with Crippen LogP contribution in [0, 0.1) is 0 Å². The first-order chi connectivity index (χ1) is 7.79. The van der Waals surface area contributed by atoms with Crippen molar-refractivity contribution in [1.29, 1.82) is 0 Å². The molecule has 0 atom stereocenters. The smallest absolute Gasteiger partial charge is 0.410 e. The van der Waals surface area contributed by atoms with E-state index in [1.165, 1.54) is 0 Å². The number of alkyl halides is 8. The summed E-state index contributed by atoms with van der Waals surface area (Å²) < 4.78 is 103. The molecule has 0 radical (unpaired) electrons. The fourth-order valence-electron chi connectivity index (χ4n) is 0.737. The summed E-state index contributed by atoms with van der Waals surface area (Å²) in [6, 6.07) is 0. The molecule has 106 valence electrons. The van der Waals surface area contributed by atoms with Crippen LogP contribution in [0.1, 0.15) is 0 Å². The normalized spacial score (nSPS) is 14.3. The fraction of sp³-hybridized carbons (Fsp3) is 0.714. The van der Waals surface area contributed by atoms with Gasteiger partial charge in [0.15, 0.2) is 6.29 Å². The van der Waals surface area contributed by atoms with E-state index in [0.717, 1.165) is 0 Å². The molecule has 0 aromatic heterocycles. The van der Waals surface area contributed by atoms with Crippen molar-refractivity contribution in [3.8, 4) is 0 Å². The van der Waals surface area contributed by atoms with Crippen molar-refractivity contribution in [3.05, 3.63) is 0 Å². The topological polar surface area (TPSA) is 43.4 Å². The highest BCUT2D eigenvalue weighted by Crippen LogP contribution is 2.52. The van der Waals surface area contributed by atoms with Gasteiger partial charge in [-0.2, -0.15) is 35.1 Å². The van der Waals surface area contributed by atoms with Gasteiger partial charge in [-0.15, -0.1) is 0 Å². The van der Waals surface area contributed by atoms with Gasteiger partial charge in [0.05, 0.1) is 7.11 Å². The highest BCUT2D eigenvalue weighted by molar-refractivity contribution is 5.79. The Morgan fingerprint density at radius 1 is 0.944 bits per heavy atom. The maximum atomic E-state index is 12.7. The zero-order chi connectivity index (χ0) is 15.0. The second-order valence-corrected chi connectivity index (χ2v) is 2.96. The van der Waals surface area contributed by atoms with Crippen molar-refractivity contribution in [2.75, 3.05) is 7.11 Å². The zero-order valence-electron chi connectivity index (χ0n) is 8.33. The number of esters is 1. The highest BCUT2D eigenvalue weighted by Gasteiger charge is 2.83. The van der Waals surface area contributed by atoms with Crippen molar-refractivity contribution >= 4 is 12.3 Å². The molecule has 0 rings (SSSR count). The minimum Gasteiger partial charge on any atom is -0.464 e. The van der Waals surface area contributed by atoms with E-state index < -0.39 is 35.9 Å². The zero-order valence-corrected chi connectivity index (χ0v) is 8.33. The molecule has 0 aliphatic heterocycles. The van der Waals surface area contributed by atoms with Crippen LogP contribution in [0.5, 0.6) is 0 Å². The van der Waals surface area contributed by atoms with Crippen LogP contribution in [0.4, 0.5) is 35.1 Å². The Kier molecular flexibility index (Phi) is 4.01. The summed E-state index contributed by atoms with van der Waals surface area (Å²) in [7, 11) is 0.155. The van der Waals surface area contributed by atoms with E-state index in [1.807, 2.05) is 0 Å². The average molecular weight is 288 g/mol. The molecule has 0 saturated heterocycles. The van der Waals surface area contributed by atoms with Crippen molar-refractivity contribution in [1.82, 2.24) is 0 Å². The van der Waals surface area contributed by atoms with Crippen molar-refractivity contribution in [2.45, 2.75) is 23.7 Å². The van der Waals surface area contributed by atoms with Crippen LogP contribution >= 0.6 is 0 Å². The summed E-state index contributed by atoms with van der Waals surface area (Å²) in [4.78, 5) is 19.8. The maximum absolute atomic E-state index is 12.7. The molecule has 11 heteroatoms. The largest absolute Gasteiger partial charge is 0.464 e. The van der Waals surface area contributed by atoms with Gasteiger partial charge < -0.3 is 4.74 Å². The van der Waals surface area contributed by atoms with Gasteiger partial charge in [0.25, 0.3) is 0 Å². The van der Waals surface area contributed by atoms with Gasteiger partial charge in [0.1, 0.15) is 0 Å². The van der Waals surface area contributed by atoms with Gasteiger partial charge in [-0.3, -0.25) is 4.79 Å². The number of aldehydes is 1. The standard InChI is InChI=1S/C7H4F8O3/c1-18-3(17)5(10,11)7(14,15)6(12,13)4(8,9)2-16/h2H,1H3. The van der Waals surface area contributed by atoms with Crippen LogP contribution in [-0.4, -0.2) is 43.1 Å². The Morgan fingerprint density at radius 2 is 1.33 bits per heavy atom. The van der Waals surface area contributed by atoms with Gasteiger partial charge in [-0.25, -0.2) is 4.79 Å². The Balaban J connectivity index is 5.78. The Labute approximate surface area is 93.7 Å². The molecular weight excluding hydrogens is 284 g/mol. The molecule has 0 aromatic rings. The third-order valence-electron chi connectivity index (χ3n) is 1.80. The van der Waals surface area contributed by atoms with Crippen LogP contribution in [0.25, 0.3) is 0 Å². The number of ether oxygens (including phenoxy) is 1. The van der Waals surface area contributed by atoms with E-state index in [2.05, 4.69) is 4.74 Å². The Morgan fingerprint density at radius 3 is 1.61 bits per heavy atom. The molecule has 0 saturated carbocycles. The van der Waals surface area contributed by atoms with Crippen LogP contribution in [0.3, 0.4) is 0 Å². The van der Waals surface area contributed by atoms with Gasteiger partial charge in [0.2, 0.25) is 0 Å². The molecule has 0 amide bonds. The van der Waals surface area contributed by atoms with Crippen LogP contribution in [0.2, 0.25) is 0 Å². The van der Waals surface area contributed by atoms with Crippen molar-refractivity contribution < 1.29 is 49.4 Å². The van der Waals surface area contributed by atoms with Gasteiger partial charge in [-0.05, 0) is 0 Å². The molecule has 18 heavy (non-hydrogen) atoms. The molecule has 0 fully saturated rings. The molecule has 0 heterocycles. The quantitative estimate of drug-likeness (QED) is 0.441. The second-order valence-electron chi connectivity index (χ2n) is 2.96. The predicted octanol–water partition coefficient (Wildman–Crippen LogP) is 1.90. The number of carbonyl (C=O) groups is 2. The number of carbonyl (C=O) groups excluding carboxylic acids is 2. The van der Waals surface area contributed by atoms with Crippen LogP contribution < -0.4 is 0 Å². The molecule has 0 aliphatic rings. The van der Waals surface area contributed by atoms with Gasteiger partial charge >= 0.3 is 29.7 Å². The van der Waals surface area contributed by atoms with E-state index in [9.17, 15) is 44.7 Å². The summed E-state index contributed by atoms with van der Waals surface area (Å²) in [5, 5.41) is 0. The second kappa shape index (κ2) is 4.35. The summed E-state index contributed by atoms with van der Waals surface area (Å²) in [5.74, 6) is -29.1. The third kappa shape index (κ3) is 2.01. The number of halogens is 8. The molecule has 0 aliphatic carbocycles. The van der Waals surface area contributed by atoms with Gasteiger partial charge in [-0.1, -0.05) is 0 Å². The van der Waals surface area contributed by atoms with Gasteiger partial charge in [0, 0.05) is 0 Å². The van der Waals surface area contributed by atoms with Crippen molar-refractivity contribution in [2.24, 2.45) is 0 Å². The summed E-state index contributed by atoms with van der Waals surface area (Å²) >= 11 is 0. The number of rotatable bonds is 5. The molecule has 0 aromatic carbocycles. The van der Waals surface area contributed by atoms with Crippen LogP contribution in [-0.2, 0) is 14.3 Å². The summed E-state index contributed by atoms with van der Waals surface area (Å²) in [5.41, 5.74) is 0. The lowest BCUT2D eigenvalue weighted by Crippen LogP contribution is -2.65. The van der Waals surface area contributed by atoms with E-state index in [4.69, 9.17) is 0 Å².